The first kappa shape index (κ1) is 24.3. The SMILES string of the molecule is C=C1OC2CN(c3nc(OCC4CCCN4C)nc4c3CCN(c3cccc5c3C(Cl)=CCC5)C4)CCC12. The minimum absolute atomic E-state index is 0.211. The van der Waals surface area contributed by atoms with Crippen molar-refractivity contribution in [3.8, 4) is 6.01 Å². The zero-order chi connectivity index (χ0) is 25.8. The summed E-state index contributed by atoms with van der Waals surface area (Å²) in [5.74, 6) is 2.45. The molecule has 1 aliphatic carbocycles. The van der Waals surface area contributed by atoms with Crippen LogP contribution >= 0.6 is 11.6 Å². The summed E-state index contributed by atoms with van der Waals surface area (Å²) in [5, 5.41) is 0.866. The Labute approximate surface area is 230 Å². The van der Waals surface area contributed by atoms with Crippen molar-refractivity contribution in [1.29, 1.82) is 0 Å². The number of ether oxygens (including phenoxy) is 2. The fraction of sp³-hybridized carbons (Fsp3) is 0.533. The summed E-state index contributed by atoms with van der Waals surface area (Å²) in [6, 6.07) is 7.49. The number of benzene rings is 1. The van der Waals surface area contributed by atoms with Crippen molar-refractivity contribution in [2.75, 3.05) is 49.6 Å². The summed E-state index contributed by atoms with van der Waals surface area (Å²) in [4.78, 5) is 17.2. The van der Waals surface area contributed by atoms with E-state index in [0.29, 0.717) is 24.6 Å². The molecule has 2 aromatic rings. The molecule has 5 heterocycles. The maximum atomic E-state index is 6.74. The van der Waals surface area contributed by atoms with E-state index in [1.807, 2.05) is 0 Å². The van der Waals surface area contributed by atoms with Crippen LogP contribution in [0, 0.1) is 5.92 Å². The number of likely N-dealkylation sites (N-methyl/N-ethyl adjacent to an activating group) is 1. The molecule has 1 aromatic heterocycles. The first-order valence-corrected chi connectivity index (χ1v) is 14.5. The van der Waals surface area contributed by atoms with E-state index in [2.05, 4.69) is 52.6 Å². The quantitative estimate of drug-likeness (QED) is 0.548. The Hall–Kier alpha value is -2.77. The highest BCUT2D eigenvalue weighted by molar-refractivity contribution is 6.49. The third-order valence-electron chi connectivity index (χ3n) is 9.12. The van der Waals surface area contributed by atoms with Gasteiger partial charge in [0.05, 0.1) is 30.5 Å². The second-order valence-corrected chi connectivity index (χ2v) is 11.8. The van der Waals surface area contributed by atoms with Crippen molar-refractivity contribution in [2.24, 2.45) is 5.92 Å². The Morgan fingerprint density at radius 2 is 2.05 bits per heavy atom. The van der Waals surface area contributed by atoms with Crippen LogP contribution in [-0.4, -0.2) is 66.8 Å². The monoisotopic (exact) mass is 533 g/mol. The highest BCUT2D eigenvalue weighted by Crippen LogP contribution is 2.42. The third kappa shape index (κ3) is 4.24. The molecule has 0 saturated carbocycles. The molecule has 3 unspecified atom stereocenters. The van der Waals surface area contributed by atoms with Crippen LogP contribution < -0.4 is 14.5 Å². The second-order valence-electron chi connectivity index (χ2n) is 11.4. The molecule has 7 rings (SSSR count). The molecule has 7 nitrogen and oxygen atoms in total. The molecule has 0 spiro atoms. The molecule has 4 aliphatic heterocycles. The van der Waals surface area contributed by atoms with Crippen LogP contribution in [0.1, 0.15) is 48.1 Å². The van der Waals surface area contributed by atoms with Crippen LogP contribution in [0.2, 0.25) is 0 Å². The molecule has 5 aliphatic rings. The van der Waals surface area contributed by atoms with E-state index in [0.717, 1.165) is 87.1 Å². The number of hydrogen-bond donors (Lipinski definition) is 0. The van der Waals surface area contributed by atoms with Gasteiger partial charge in [0.1, 0.15) is 18.5 Å². The van der Waals surface area contributed by atoms with Gasteiger partial charge in [-0.25, -0.2) is 0 Å². The molecule has 0 N–H and O–H groups in total. The van der Waals surface area contributed by atoms with Crippen LogP contribution in [-0.2, 0) is 24.1 Å². The lowest BCUT2D eigenvalue weighted by Gasteiger charge is -2.47. The molecule has 0 bridgehead atoms. The third-order valence-corrected chi connectivity index (χ3v) is 9.46. The minimum atomic E-state index is 0.211. The van der Waals surface area contributed by atoms with Crippen molar-refractivity contribution in [3.63, 3.8) is 0 Å². The normalized spacial score (nSPS) is 26.6. The van der Waals surface area contributed by atoms with E-state index >= 15 is 0 Å². The van der Waals surface area contributed by atoms with Gasteiger partial charge < -0.3 is 24.2 Å². The van der Waals surface area contributed by atoms with Gasteiger partial charge in [0.15, 0.2) is 0 Å². The number of aromatic nitrogens is 2. The second kappa shape index (κ2) is 9.76. The lowest BCUT2D eigenvalue weighted by atomic mass is 9.87. The van der Waals surface area contributed by atoms with E-state index in [-0.39, 0.29) is 6.10 Å². The maximum absolute atomic E-state index is 6.74. The molecule has 8 heteroatoms. The standard InChI is InChI=1S/C30H36ClN5O2/c1-19-22-11-15-36(17-27(22)38-19)29-23-12-14-35(26-10-4-7-20-6-3-9-24(31)28(20)26)16-25(23)32-30(33-29)37-18-21-8-5-13-34(21)2/h4,7,9-10,21-22,27H,1,3,5-6,8,11-18H2,2H3. The molecule has 200 valence electrons. The zero-order valence-corrected chi connectivity index (χ0v) is 22.9. The first-order chi connectivity index (χ1) is 18.5. The van der Waals surface area contributed by atoms with Gasteiger partial charge in [-0.15, -0.1) is 0 Å². The number of rotatable bonds is 5. The van der Waals surface area contributed by atoms with Gasteiger partial charge in [-0.2, -0.15) is 9.97 Å². The number of allylic oxidation sites excluding steroid dienone is 1. The van der Waals surface area contributed by atoms with E-state index < -0.39 is 0 Å². The van der Waals surface area contributed by atoms with Crippen LogP contribution in [0.3, 0.4) is 0 Å². The summed E-state index contributed by atoms with van der Waals surface area (Å²) in [7, 11) is 2.18. The average molecular weight is 534 g/mol. The highest BCUT2D eigenvalue weighted by atomic mass is 35.5. The summed E-state index contributed by atoms with van der Waals surface area (Å²) in [6.07, 6.45) is 8.72. The topological polar surface area (TPSA) is 54.0 Å². The lowest BCUT2D eigenvalue weighted by molar-refractivity contribution is -0.0499. The molecular weight excluding hydrogens is 498 g/mol. The maximum Gasteiger partial charge on any atom is 0.318 e. The van der Waals surface area contributed by atoms with Gasteiger partial charge in [-0.05, 0) is 63.7 Å². The van der Waals surface area contributed by atoms with Crippen LogP contribution in [0.5, 0.6) is 6.01 Å². The molecule has 3 saturated heterocycles. The predicted molar refractivity (Wildman–Crippen MR) is 151 cm³/mol. The average Bonchev–Trinajstić information content (AvgIpc) is 3.34. The summed E-state index contributed by atoms with van der Waals surface area (Å²) >= 11 is 6.74. The molecule has 0 radical (unpaired) electrons. The number of hydrogen-bond acceptors (Lipinski definition) is 7. The number of piperidine rings is 1. The van der Waals surface area contributed by atoms with Crippen LogP contribution in [0.4, 0.5) is 11.5 Å². The molecule has 3 atom stereocenters. The smallest absolute Gasteiger partial charge is 0.318 e. The number of halogens is 1. The van der Waals surface area contributed by atoms with Crippen molar-refractivity contribution in [2.45, 2.75) is 57.2 Å². The molecular formula is C30H36ClN5O2. The van der Waals surface area contributed by atoms with E-state index in [1.54, 1.807) is 0 Å². The summed E-state index contributed by atoms with van der Waals surface area (Å²) < 4.78 is 12.2. The van der Waals surface area contributed by atoms with E-state index in [4.69, 9.17) is 31.0 Å². The fourth-order valence-corrected chi connectivity index (χ4v) is 7.20. The predicted octanol–water partition coefficient (Wildman–Crippen LogP) is 4.78. The van der Waals surface area contributed by atoms with Gasteiger partial charge in [0.2, 0.25) is 0 Å². The molecule has 3 fully saturated rings. The highest BCUT2D eigenvalue weighted by Gasteiger charge is 2.42. The first-order valence-electron chi connectivity index (χ1n) is 14.1. The largest absolute Gasteiger partial charge is 0.492 e. The van der Waals surface area contributed by atoms with Crippen molar-refractivity contribution >= 4 is 28.1 Å². The van der Waals surface area contributed by atoms with Gasteiger partial charge in [-0.1, -0.05) is 36.4 Å². The van der Waals surface area contributed by atoms with Crippen molar-refractivity contribution in [3.05, 3.63) is 59.0 Å². The van der Waals surface area contributed by atoms with Gasteiger partial charge in [-0.3, -0.25) is 0 Å². The number of nitrogens with zero attached hydrogens (tertiary/aromatic N) is 5. The van der Waals surface area contributed by atoms with Crippen LogP contribution in [0.25, 0.3) is 5.03 Å². The van der Waals surface area contributed by atoms with Gasteiger partial charge in [0.25, 0.3) is 0 Å². The minimum Gasteiger partial charge on any atom is -0.492 e. The number of aryl methyl sites for hydroxylation is 1. The number of likely N-dealkylation sites (tertiary alicyclic amines) is 1. The lowest BCUT2D eigenvalue weighted by Crippen LogP contribution is -2.52. The Morgan fingerprint density at radius 3 is 2.87 bits per heavy atom. The van der Waals surface area contributed by atoms with Gasteiger partial charge in [0, 0.05) is 41.0 Å². The Kier molecular flexibility index (Phi) is 6.24. The summed E-state index contributed by atoms with van der Waals surface area (Å²) in [5.41, 5.74) is 6.02. The summed E-state index contributed by atoms with van der Waals surface area (Å²) in [6.45, 7) is 9.23. The Bertz CT molecular complexity index is 1300. The van der Waals surface area contributed by atoms with Crippen molar-refractivity contribution in [1.82, 2.24) is 14.9 Å². The molecule has 0 amide bonds. The van der Waals surface area contributed by atoms with Crippen LogP contribution in [0.15, 0.2) is 36.6 Å². The van der Waals surface area contributed by atoms with Gasteiger partial charge >= 0.3 is 6.01 Å². The molecule has 1 aromatic carbocycles. The number of fused-ring (bicyclic) bond motifs is 3. The Morgan fingerprint density at radius 1 is 1.13 bits per heavy atom. The van der Waals surface area contributed by atoms with Crippen molar-refractivity contribution < 1.29 is 9.47 Å². The number of anilines is 2. The fourth-order valence-electron chi connectivity index (χ4n) is 6.88. The molecule has 38 heavy (non-hydrogen) atoms. The Balaban J connectivity index is 1.20. The van der Waals surface area contributed by atoms with E-state index in [1.165, 1.54) is 28.8 Å². The zero-order valence-electron chi connectivity index (χ0n) is 22.2. The van der Waals surface area contributed by atoms with E-state index in [9.17, 15) is 0 Å².